The van der Waals surface area contributed by atoms with Crippen molar-refractivity contribution in [2.75, 3.05) is 13.1 Å². The molecule has 5 heteroatoms. The van der Waals surface area contributed by atoms with Crippen molar-refractivity contribution in [2.45, 2.75) is 13.5 Å². The first-order chi connectivity index (χ1) is 11.1. The van der Waals surface area contributed by atoms with Gasteiger partial charge < -0.3 is 10.2 Å². The molecular formula is C18H19ClN2O2. The van der Waals surface area contributed by atoms with Crippen LogP contribution in [0.1, 0.15) is 22.8 Å². The van der Waals surface area contributed by atoms with Crippen LogP contribution in [0.3, 0.4) is 0 Å². The number of carbonyl (C=O) groups excluding carboxylic acids is 2. The molecule has 2 rings (SSSR count). The molecule has 0 atom stereocenters. The maximum Gasteiger partial charge on any atom is 0.251 e. The Bertz CT molecular complexity index is 674. The van der Waals surface area contributed by atoms with E-state index in [0.29, 0.717) is 23.7 Å². The van der Waals surface area contributed by atoms with Crippen LogP contribution in [0.5, 0.6) is 0 Å². The van der Waals surface area contributed by atoms with Crippen molar-refractivity contribution in [2.24, 2.45) is 0 Å². The van der Waals surface area contributed by atoms with E-state index in [9.17, 15) is 9.59 Å². The zero-order chi connectivity index (χ0) is 16.7. The van der Waals surface area contributed by atoms with E-state index in [1.54, 1.807) is 29.2 Å². The molecule has 4 nitrogen and oxygen atoms in total. The normalized spacial score (nSPS) is 10.2. The van der Waals surface area contributed by atoms with Gasteiger partial charge in [-0.2, -0.15) is 0 Å². The number of benzene rings is 2. The van der Waals surface area contributed by atoms with Crippen LogP contribution in [-0.4, -0.2) is 29.8 Å². The Labute approximate surface area is 141 Å². The lowest BCUT2D eigenvalue weighted by Crippen LogP contribution is -2.39. The largest absolute Gasteiger partial charge is 0.343 e. The summed E-state index contributed by atoms with van der Waals surface area (Å²) in [6, 6.07) is 16.4. The fourth-order valence-electron chi connectivity index (χ4n) is 2.18. The number of amides is 2. The lowest BCUT2D eigenvalue weighted by Gasteiger charge is -2.21. The molecule has 0 heterocycles. The Hall–Kier alpha value is -2.33. The van der Waals surface area contributed by atoms with E-state index >= 15 is 0 Å². The molecule has 2 aromatic rings. The summed E-state index contributed by atoms with van der Waals surface area (Å²) < 4.78 is 0. The first kappa shape index (κ1) is 17.0. The third-order valence-corrected chi connectivity index (χ3v) is 3.67. The summed E-state index contributed by atoms with van der Waals surface area (Å²) in [4.78, 5) is 26.0. The predicted molar refractivity (Wildman–Crippen MR) is 91.3 cm³/mol. The number of likely N-dealkylation sites (N-methyl/N-ethyl adjacent to an activating group) is 1. The van der Waals surface area contributed by atoms with Gasteiger partial charge in [0.15, 0.2) is 0 Å². The van der Waals surface area contributed by atoms with Crippen molar-refractivity contribution < 1.29 is 9.59 Å². The molecule has 0 unspecified atom stereocenters. The second-order valence-corrected chi connectivity index (χ2v) is 5.52. The van der Waals surface area contributed by atoms with Crippen molar-refractivity contribution >= 4 is 23.4 Å². The van der Waals surface area contributed by atoms with Crippen molar-refractivity contribution in [1.29, 1.82) is 0 Å². The molecule has 0 aliphatic rings. The summed E-state index contributed by atoms with van der Waals surface area (Å²) in [5.41, 5.74) is 1.50. The molecule has 120 valence electrons. The molecule has 0 aliphatic heterocycles. The number of hydrogen-bond donors (Lipinski definition) is 1. The van der Waals surface area contributed by atoms with Crippen LogP contribution in [-0.2, 0) is 11.3 Å². The van der Waals surface area contributed by atoms with E-state index < -0.39 is 0 Å². The second-order valence-electron chi connectivity index (χ2n) is 5.09. The summed E-state index contributed by atoms with van der Waals surface area (Å²) >= 11 is 5.86. The summed E-state index contributed by atoms with van der Waals surface area (Å²) in [6.07, 6.45) is 0. The summed E-state index contributed by atoms with van der Waals surface area (Å²) in [6.45, 7) is 3.00. The molecule has 0 fully saturated rings. The molecule has 0 saturated heterocycles. The minimum Gasteiger partial charge on any atom is -0.343 e. The average Bonchev–Trinajstić information content (AvgIpc) is 2.58. The maximum absolute atomic E-state index is 12.3. The summed E-state index contributed by atoms with van der Waals surface area (Å²) in [7, 11) is 0. The molecular weight excluding hydrogens is 312 g/mol. The monoisotopic (exact) mass is 330 g/mol. The molecule has 0 aromatic heterocycles. The predicted octanol–water partition coefficient (Wildman–Crippen LogP) is 3.12. The molecule has 23 heavy (non-hydrogen) atoms. The van der Waals surface area contributed by atoms with Crippen LogP contribution < -0.4 is 5.32 Å². The first-order valence-corrected chi connectivity index (χ1v) is 7.83. The van der Waals surface area contributed by atoms with Crippen molar-refractivity contribution in [1.82, 2.24) is 10.2 Å². The van der Waals surface area contributed by atoms with Crippen molar-refractivity contribution in [3.8, 4) is 0 Å². The minimum atomic E-state index is -0.309. The van der Waals surface area contributed by atoms with Gasteiger partial charge in [-0.25, -0.2) is 0 Å². The molecule has 1 N–H and O–H groups in total. The third kappa shape index (κ3) is 5.11. The molecule has 0 radical (unpaired) electrons. The zero-order valence-corrected chi connectivity index (χ0v) is 13.7. The highest BCUT2D eigenvalue weighted by Gasteiger charge is 2.14. The Kier molecular flexibility index (Phi) is 6.18. The highest BCUT2D eigenvalue weighted by Crippen LogP contribution is 2.10. The lowest BCUT2D eigenvalue weighted by atomic mass is 10.2. The maximum atomic E-state index is 12.3. The Morgan fingerprint density at radius 2 is 1.83 bits per heavy atom. The molecule has 2 amide bonds. The van der Waals surface area contributed by atoms with Crippen LogP contribution in [0, 0.1) is 0 Å². The van der Waals surface area contributed by atoms with E-state index in [2.05, 4.69) is 5.32 Å². The van der Waals surface area contributed by atoms with Gasteiger partial charge in [0, 0.05) is 23.7 Å². The Morgan fingerprint density at radius 3 is 2.48 bits per heavy atom. The topological polar surface area (TPSA) is 49.4 Å². The number of hydrogen-bond acceptors (Lipinski definition) is 2. The molecule has 0 spiro atoms. The minimum absolute atomic E-state index is 0.0357. The van der Waals surface area contributed by atoms with E-state index in [4.69, 9.17) is 11.6 Å². The van der Waals surface area contributed by atoms with Crippen LogP contribution >= 0.6 is 11.6 Å². The van der Waals surface area contributed by atoms with Gasteiger partial charge in [-0.05, 0) is 30.7 Å². The van der Waals surface area contributed by atoms with Crippen molar-refractivity contribution in [3.63, 3.8) is 0 Å². The molecule has 0 aliphatic carbocycles. The van der Waals surface area contributed by atoms with E-state index in [0.717, 1.165) is 5.56 Å². The number of nitrogens with zero attached hydrogens (tertiary/aromatic N) is 1. The summed E-state index contributed by atoms with van der Waals surface area (Å²) in [5.74, 6) is -0.427. The van der Waals surface area contributed by atoms with Crippen LogP contribution in [0.15, 0.2) is 54.6 Å². The standard InChI is InChI=1S/C18H19ClN2O2/c1-2-21(13-14-7-4-3-5-8-14)17(22)12-20-18(23)15-9-6-10-16(19)11-15/h3-11H,2,12-13H2,1H3,(H,20,23). The highest BCUT2D eigenvalue weighted by atomic mass is 35.5. The quantitative estimate of drug-likeness (QED) is 0.884. The van der Waals surface area contributed by atoms with Crippen LogP contribution in [0.4, 0.5) is 0 Å². The van der Waals surface area contributed by atoms with Gasteiger partial charge in [-0.1, -0.05) is 48.0 Å². The lowest BCUT2D eigenvalue weighted by molar-refractivity contribution is -0.130. The number of halogens is 1. The van der Waals surface area contributed by atoms with Gasteiger partial charge in [0.05, 0.1) is 6.54 Å². The van der Waals surface area contributed by atoms with Gasteiger partial charge >= 0.3 is 0 Å². The molecule has 0 bridgehead atoms. The van der Waals surface area contributed by atoms with Gasteiger partial charge in [0.25, 0.3) is 5.91 Å². The third-order valence-electron chi connectivity index (χ3n) is 3.44. The number of nitrogens with one attached hydrogen (secondary N) is 1. The van der Waals surface area contributed by atoms with E-state index in [1.807, 2.05) is 37.3 Å². The fourth-order valence-corrected chi connectivity index (χ4v) is 2.37. The van der Waals surface area contributed by atoms with Gasteiger partial charge in [0.1, 0.15) is 0 Å². The van der Waals surface area contributed by atoms with E-state index in [-0.39, 0.29) is 18.4 Å². The Morgan fingerprint density at radius 1 is 1.09 bits per heavy atom. The first-order valence-electron chi connectivity index (χ1n) is 7.45. The second kappa shape index (κ2) is 8.34. The van der Waals surface area contributed by atoms with Gasteiger partial charge in [-0.3, -0.25) is 9.59 Å². The van der Waals surface area contributed by atoms with Gasteiger partial charge in [-0.15, -0.1) is 0 Å². The molecule has 0 saturated carbocycles. The SMILES string of the molecule is CCN(Cc1ccccc1)C(=O)CNC(=O)c1cccc(Cl)c1. The highest BCUT2D eigenvalue weighted by molar-refractivity contribution is 6.30. The van der Waals surface area contributed by atoms with Crippen molar-refractivity contribution in [3.05, 3.63) is 70.7 Å². The van der Waals surface area contributed by atoms with Gasteiger partial charge in [0.2, 0.25) is 5.91 Å². The zero-order valence-electron chi connectivity index (χ0n) is 13.0. The number of rotatable bonds is 6. The van der Waals surface area contributed by atoms with E-state index in [1.165, 1.54) is 0 Å². The van der Waals surface area contributed by atoms with Crippen LogP contribution in [0.2, 0.25) is 5.02 Å². The van der Waals surface area contributed by atoms with Crippen LogP contribution in [0.25, 0.3) is 0 Å². The average molecular weight is 331 g/mol. The fraction of sp³-hybridized carbons (Fsp3) is 0.222. The summed E-state index contributed by atoms with van der Waals surface area (Å²) in [5, 5.41) is 3.13. The molecule has 2 aromatic carbocycles. The number of carbonyl (C=O) groups is 2. The Balaban J connectivity index is 1.91. The smallest absolute Gasteiger partial charge is 0.251 e.